The molecular formula is C25H27ClN6S. The molecule has 170 valence electrons. The van der Waals surface area contributed by atoms with Crippen molar-refractivity contribution < 1.29 is 0 Å². The van der Waals surface area contributed by atoms with Crippen LogP contribution in [0.3, 0.4) is 0 Å². The van der Waals surface area contributed by atoms with Crippen molar-refractivity contribution in [3.05, 3.63) is 58.5 Å². The summed E-state index contributed by atoms with van der Waals surface area (Å²) in [5, 5.41) is 11.0. The number of fused-ring (bicyclic) bond motifs is 3. The van der Waals surface area contributed by atoms with Gasteiger partial charge in [-0.15, -0.1) is 0 Å². The standard InChI is InChI=1S/C25H27ClN6S/c1-15-21(10-16(13-28-15)8-9-27-19-4-2-3-5-19)31-25-29-14-17-11-23(33)30-22-12-18(26)6-7-20(22)24(17)32-25/h6-7,10,12-14,19,27H,2-5,8-9,11H2,1H3,(H,30,33)(H,29,31,32). The highest BCUT2D eigenvalue weighted by molar-refractivity contribution is 7.80. The second-order valence-corrected chi connectivity index (χ2v) is 9.70. The number of hydrogen-bond acceptors (Lipinski definition) is 6. The molecule has 1 aliphatic heterocycles. The molecule has 1 aromatic carbocycles. The fraction of sp³-hybridized carbons (Fsp3) is 0.360. The summed E-state index contributed by atoms with van der Waals surface area (Å²) in [7, 11) is 0. The third kappa shape index (κ3) is 5.16. The number of halogens is 1. The van der Waals surface area contributed by atoms with Gasteiger partial charge in [-0.3, -0.25) is 4.98 Å². The molecule has 0 radical (unpaired) electrons. The van der Waals surface area contributed by atoms with Crippen LogP contribution in [0.4, 0.5) is 17.3 Å². The summed E-state index contributed by atoms with van der Waals surface area (Å²) in [6.07, 6.45) is 10.6. The van der Waals surface area contributed by atoms with Gasteiger partial charge in [0.2, 0.25) is 5.95 Å². The molecule has 2 aliphatic rings. The van der Waals surface area contributed by atoms with Crippen LogP contribution in [0.2, 0.25) is 5.02 Å². The maximum atomic E-state index is 6.21. The highest BCUT2D eigenvalue weighted by Gasteiger charge is 2.20. The maximum Gasteiger partial charge on any atom is 0.227 e. The predicted molar refractivity (Wildman–Crippen MR) is 139 cm³/mol. The Morgan fingerprint density at radius 1 is 1.15 bits per heavy atom. The molecule has 3 heterocycles. The Hall–Kier alpha value is -2.61. The van der Waals surface area contributed by atoms with Gasteiger partial charge in [-0.05, 0) is 62.6 Å². The normalized spacial score (nSPS) is 15.5. The van der Waals surface area contributed by atoms with Crippen molar-refractivity contribution in [1.29, 1.82) is 0 Å². The molecule has 0 amide bonds. The average Bonchev–Trinajstić information content (AvgIpc) is 3.26. The van der Waals surface area contributed by atoms with E-state index >= 15 is 0 Å². The van der Waals surface area contributed by atoms with Gasteiger partial charge in [0.25, 0.3) is 0 Å². The molecule has 2 aromatic heterocycles. The summed E-state index contributed by atoms with van der Waals surface area (Å²) in [5.41, 5.74) is 6.70. The Morgan fingerprint density at radius 3 is 2.85 bits per heavy atom. The number of nitrogens with zero attached hydrogens (tertiary/aromatic N) is 3. The lowest BCUT2D eigenvalue weighted by molar-refractivity contribution is 0.527. The van der Waals surface area contributed by atoms with E-state index in [9.17, 15) is 0 Å². The quantitative estimate of drug-likeness (QED) is 0.397. The topological polar surface area (TPSA) is 74.8 Å². The molecule has 1 saturated carbocycles. The molecule has 1 fully saturated rings. The van der Waals surface area contributed by atoms with E-state index in [4.69, 9.17) is 28.8 Å². The molecule has 1 aliphatic carbocycles. The van der Waals surface area contributed by atoms with Gasteiger partial charge in [0, 0.05) is 46.7 Å². The van der Waals surface area contributed by atoms with Gasteiger partial charge in [0.05, 0.1) is 22.1 Å². The first-order valence-electron chi connectivity index (χ1n) is 11.5. The minimum atomic E-state index is 0.536. The van der Waals surface area contributed by atoms with E-state index in [1.165, 1.54) is 31.2 Å². The van der Waals surface area contributed by atoms with E-state index < -0.39 is 0 Å². The van der Waals surface area contributed by atoms with E-state index in [2.05, 4.69) is 32.0 Å². The molecule has 8 heteroatoms. The Morgan fingerprint density at radius 2 is 2.00 bits per heavy atom. The van der Waals surface area contributed by atoms with Crippen LogP contribution in [0.1, 0.15) is 42.5 Å². The number of benzene rings is 1. The van der Waals surface area contributed by atoms with Gasteiger partial charge in [-0.2, -0.15) is 0 Å². The molecule has 0 saturated heterocycles. The van der Waals surface area contributed by atoms with Crippen molar-refractivity contribution in [1.82, 2.24) is 20.3 Å². The fourth-order valence-electron chi connectivity index (χ4n) is 4.53. The molecule has 33 heavy (non-hydrogen) atoms. The lowest BCUT2D eigenvalue weighted by Crippen LogP contribution is -2.28. The Labute approximate surface area is 204 Å². The van der Waals surface area contributed by atoms with Gasteiger partial charge in [0.15, 0.2) is 0 Å². The lowest BCUT2D eigenvalue weighted by atomic mass is 10.1. The van der Waals surface area contributed by atoms with E-state index in [-0.39, 0.29) is 0 Å². The van der Waals surface area contributed by atoms with E-state index in [1.54, 1.807) is 0 Å². The van der Waals surface area contributed by atoms with Crippen LogP contribution >= 0.6 is 23.8 Å². The van der Waals surface area contributed by atoms with Crippen molar-refractivity contribution in [3.63, 3.8) is 0 Å². The summed E-state index contributed by atoms with van der Waals surface area (Å²) < 4.78 is 0. The minimum absolute atomic E-state index is 0.536. The largest absolute Gasteiger partial charge is 0.349 e. The summed E-state index contributed by atoms with van der Waals surface area (Å²) in [6, 6.07) is 8.54. The zero-order valence-corrected chi connectivity index (χ0v) is 20.2. The predicted octanol–water partition coefficient (Wildman–Crippen LogP) is 5.61. The average molecular weight is 479 g/mol. The fourth-order valence-corrected chi connectivity index (χ4v) is 4.97. The van der Waals surface area contributed by atoms with Crippen LogP contribution in [0.25, 0.3) is 11.3 Å². The zero-order valence-electron chi connectivity index (χ0n) is 18.6. The summed E-state index contributed by atoms with van der Waals surface area (Å²) in [4.78, 5) is 14.7. The van der Waals surface area contributed by atoms with Crippen LogP contribution in [-0.2, 0) is 12.8 Å². The SMILES string of the molecule is Cc1ncc(CCNC2CCCC2)cc1Nc1ncc2c(n1)-c1ccc(Cl)cc1NC(=S)C2. The molecule has 5 rings (SSSR count). The summed E-state index contributed by atoms with van der Waals surface area (Å²) in [5.74, 6) is 0.536. The number of hydrogen-bond donors (Lipinski definition) is 3. The monoisotopic (exact) mass is 478 g/mol. The van der Waals surface area contributed by atoms with E-state index in [0.717, 1.165) is 51.8 Å². The number of pyridine rings is 1. The zero-order chi connectivity index (χ0) is 22.8. The van der Waals surface area contributed by atoms with E-state index in [0.29, 0.717) is 23.4 Å². The van der Waals surface area contributed by atoms with E-state index in [1.807, 2.05) is 37.5 Å². The van der Waals surface area contributed by atoms with Crippen molar-refractivity contribution in [3.8, 4) is 11.3 Å². The number of aryl methyl sites for hydroxylation is 1. The molecule has 6 nitrogen and oxygen atoms in total. The number of aromatic nitrogens is 3. The Bertz CT molecular complexity index is 1190. The summed E-state index contributed by atoms with van der Waals surface area (Å²) in [6.45, 7) is 2.96. The van der Waals surface area contributed by atoms with Gasteiger partial charge < -0.3 is 16.0 Å². The molecule has 0 bridgehead atoms. The van der Waals surface area contributed by atoms with Crippen molar-refractivity contribution in [2.45, 2.75) is 51.5 Å². The van der Waals surface area contributed by atoms with Crippen molar-refractivity contribution in [2.75, 3.05) is 17.2 Å². The number of thiocarbonyl (C=S) groups is 1. The number of rotatable bonds is 6. The highest BCUT2D eigenvalue weighted by Crippen LogP contribution is 2.35. The molecule has 3 aromatic rings. The molecule has 0 unspecified atom stereocenters. The van der Waals surface area contributed by atoms with Gasteiger partial charge >= 0.3 is 0 Å². The first kappa shape index (κ1) is 22.2. The minimum Gasteiger partial charge on any atom is -0.349 e. The van der Waals surface area contributed by atoms with Crippen LogP contribution in [-0.4, -0.2) is 32.5 Å². The van der Waals surface area contributed by atoms with Gasteiger partial charge in [-0.25, -0.2) is 9.97 Å². The van der Waals surface area contributed by atoms with Crippen LogP contribution < -0.4 is 16.0 Å². The third-order valence-electron chi connectivity index (χ3n) is 6.32. The second kappa shape index (κ2) is 9.71. The van der Waals surface area contributed by atoms with Crippen LogP contribution in [0.15, 0.2) is 36.7 Å². The van der Waals surface area contributed by atoms with Crippen molar-refractivity contribution in [2.24, 2.45) is 0 Å². The molecule has 3 N–H and O–H groups in total. The first-order valence-corrected chi connectivity index (χ1v) is 12.3. The molecule has 0 spiro atoms. The second-order valence-electron chi connectivity index (χ2n) is 8.77. The first-order chi connectivity index (χ1) is 16.0. The van der Waals surface area contributed by atoms with Crippen LogP contribution in [0, 0.1) is 6.92 Å². The van der Waals surface area contributed by atoms with Crippen LogP contribution in [0.5, 0.6) is 0 Å². The van der Waals surface area contributed by atoms with Crippen molar-refractivity contribution >= 4 is 46.1 Å². The van der Waals surface area contributed by atoms with Gasteiger partial charge in [0.1, 0.15) is 0 Å². The third-order valence-corrected chi connectivity index (χ3v) is 6.80. The number of anilines is 3. The molecule has 0 atom stereocenters. The smallest absolute Gasteiger partial charge is 0.227 e. The highest BCUT2D eigenvalue weighted by atomic mass is 35.5. The summed E-state index contributed by atoms with van der Waals surface area (Å²) >= 11 is 11.7. The molecular weight excluding hydrogens is 452 g/mol. The lowest BCUT2D eigenvalue weighted by Gasteiger charge is -2.14. The Kier molecular flexibility index (Phi) is 6.53. The van der Waals surface area contributed by atoms with Gasteiger partial charge in [-0.1, -0.05) is 36.7 Å². The number of nitrogens with one attached hydrogen (secondary N) is 3. The Balaban J connectivity index is 1.37. The maximum absolute atomic E-state index is 6.21.